The van der Waals surface area contributed by atoms with E-state index in [0.717, 1.165) is 24.0 Å². The summed E-state index contributed by atoms with van der Waals surface area (Å²) >= 11 is 0. The minimum Gasteiger partial charge on any atom is -0.367 e. The molecule has 0 aliphatic rings. The predicted molar refractivity (Wildman–Crippen MR) is 105 cm³/mol. The molecule has 1 N–H and O–H groups in total. The minimum atomic E-state index is -0.576. The maximum atomic E-state index is 6.27. The highest BCUT2D eigenvalue weighted by Gasteiger charge is 2.49. The Morgan fingerprint density at radius 3 is 1.79 bits per heavy atom. The molecule has 3 heteroatoms. The molecule has 0 saturated heterocycles. The largest absolute Gasteiger partial charge is 0.367 e. The summed E-state index contributed by atoms with van der Waals surface area (Å²) in [5.74, 6) is 0. The van der Waals surface area contributed by atoms with Gasteiger partial charge in [-0.3, -0.25) is 0 Å². The van der Waals surface area contributed by atoms with E-state index in [2.05, 4.69) is 67.4 Å². The molecule has 2 nitrogen and oxygen atoms in total. The quantitative estimate of drug-likeness (QED) is 0.684. The van der Waals surface area contributed by atoms with Crippen molar-refractivity contribution in [3.05, 3.63) is 84.4 Å². The average Bonchev–Trinajstić information content (AvgIpc) is 2.63. The number of allylic oxidation sites excluding steroid dienone is 1. The molecule has 0 aromatic heterocycles. The summed E-state index contributed by atoms with van der Waals surface area (Å²) in [5, 5.41) is 3.53. The number of hydrogen-bond donors (Lipinski definition) is 1. The van der Waals surface area contributed by atoms with Crippen LogP contribution in [0.2, 0.25) is 0 Å². The molecule has 0 radical (unpaired) electrons. The zero-order valence-corrected chi connectivity index (χ0v) is 15.6. The molecular weight excluding hydrogens is 318 g/mol. The van der Waals surface area contributed by atoms with Crippen LogP contribution in [0.1, 0.15) is 30.9 Å². The van der Waals surface area contributed by atoms with Gasteiger partial charge in [-0.15, -0.1) is 19.0 Å². The van der Waals surface area contributed by atoms with Crippen molar-refractivity contribution < 1.29 is 4.74 Å². The molecule has 0 amide bonds. The van der Waals surface area contributed by atoms with Gasteiger partial charge in [-0.25, -0.2) is 0 Å². The Kier molecular flexibility index (Phi) is 7.68. The topological polar surface area (TPSA) is 21.3 Å². The number of ether oxygens (including phenoxy) is 1. The first-order valence-electron chi connectivity index (χ1n) is 8.10. The molecule has 24 heavy (non-hydrogen) atoms. The maximum Gasteiger partial charge on any atom is 0.135 e. The monoisotopic (exact) mass is 345 g/mol. The lowest BCUT2D eigenvalue weighted by Crippen LogP contribution is -2.59. The van der Waals surface area contributed by atoms with E-state index >= 15 is 0 Å². The van der Waals surface area contributed by atoms with Crippen LogP contribution in [0.5, 0.6) is 0 Å². The molecule has 0 saturated carbocycles. The number of benzene rings is 2. The third kappa shape index (κ3) is 3.56. The van der Waals surface area contributed by atoms with E-state index in [1.807, 2.05) is 25.3 Å². The summed E-state index contributed by atoms with van der Waals surface area (Å²) in [6.07, 6.45) is 3.80. The first-order valence-corrected chi connectivity index (χ1v) is 8.10. The van der Waals surface area contributed by atoms with Crippen LogP contribution in [0.25, 0.3) is 0 Å². The fraction of sp³-hybridized carbons (Fsp3) is 0.333. The van der Waals surface area contributed by atoms with Crippen molar-refractivity contribution in [3.8, 4) is 0 Å². The van der Waals surface area contributed by atoms with Gasteiger partial charge in [0.15, 0.2) is 0 Å². The van der Waals surface area contributed by atoms with E-state index in [9.17, 15) is 0 Å². The smallest absolute Gasteiger partial charge is 0.135 e. The van der Waals surface area contributed by atoms with Gasteiger partial charge in [-0.1, -0.05) is 66.7 Å². The van der Waals surface area contributed by atoms with E-state index in [1.54, 1.807) is 7.11 Å². The Morgan fingerprint density at radius 1 is 1.00 bits per heavy atom. The fourth-order valence-corrected chi connectivity index (χ4v) is 3.48. The second kappa shape index (κ2) is 9.03. The molecule has 2 aromatic carbocycles. The fourth-order valence-electron chi connectivity index (χ4n) is 3.48. The number of halogens is 1. The summed E-state index contributed by atoms with van der Waals surface area (Å²) in [6, 6.07) is 20.9. The van der Waals surface area contributed by atoms with Gasteiger partial charge in [0.05, 0.1) is 5.54 Å². The number of nitrogens with one attached hydrogen (secondary N) is 1. The van der Waals surface area contributed by atoms with Crippen LogP contribution >= 0.6 is 12.4 Å². The maximum absolute atomic E-state index is 6.27. The molecule has 2 aromatic rings. The van der Waals surface area contributed by atoms with Crippen LogP contribution in [-0.4, -0.2) is 19.7 Å². The molecule has 1 atom stereocenters. The van der Waals surface area contributed by atoms with Gasteiger partial charge in [0.25, 0.3) is 0 Å². The first kappa shape index (κ1) is 20.4. The summed E-state index contributed by atoms with van der Waals surface area (Å²) in [4.78, 5) is 0. The van der Waals surface area contributed by atoms with Gasteiger partial charge in [0.2, 0.25) is 0 Å². The van der Waals surface area contributed by atoms with E-state index in [4.69, 9.17) is 4.74 Å². The van der Waals surface area contributed by atoms with Crippen molar-refractivity contribution >= 4 is 12.4 Å². The standard InChI is InChI=1S/C21H27NO.ClH/c1-5-6-17-20(2,22-3)21(23-4,18-13-9-7-10-14-18)19-15-11-8-12-16-19;/h5,7-16,22H,1,6,17H2,2-4H3;1H. The molecule has 1 unspecified atom stereocenters. The zero-order chi connectivity index (χ0) is 16.8. The van der Waals surface area contributed by atoms with Crippen molar-refractivity contribution in [1.29, 1.82) is 0 Å². The predicted octanol–water partition coefficient (Wildman–Crippen LogP) is 4.94. The SMILES string of the molecule is C=CCCC(C)(NC)C(OC)(c1ccccc1)c1ccccc1.Cl. The van der Waals surface area contributed by atoms with E-state index in [-0.39, 0.29) is 17.9 Å². The number of likely N-dealkylation sites (N-methyl/N-ethyl adjacent to an activating group) is 1. The van der Waals surface area contributed by atoms with Crippen LogP contribution in [0.15, 0.2) is 73.3 Å². The number of methoxy groups -OCH3 is 1. The summed E-state index contributed by atoms with van der Waals surface area (Å²) in [6.45, 7) is 6.11. The molecule has 2 rings (SSSR count). The molecule has 130 valence electrons. The van der Waals surface area contributed by atoms with Gasteiger partial charge in [0, 0.05) is 7.11 Å². The van der Waals surface area contributed by atoms with Crippen molar-refractivity contribution in [2.75, 3.05) is 14.2 Å². The van der Waals surface area contributed by atoms with Gasteiger partial charge >= 0.3 is 0 Å². The normalized spacial score (nSPS) is 13.6. The summed E-state index contributed by atoms with van der Waals surface area (Å²) < 4.78 is 6.27. The Labute approximate surface area is 152 Å². The van der Waals surface area contributed by atoms with Crippen molar-refractivity contribution in [2.45, 2.75) is 30.9 Å². The van der Waals surface area contributed by atoms with Crippen molar-refractivity contribution in [1.82, 2.24) is 5.32 Å². The van der Waals surface area contributed by atoms with Crippen molar-refractivity contribution in [2.24, 2.45) is 0 Å². The van der Waals surface area contributed by atoms with Gasteiger partial charge in [-0.2, -0.15) is 0 Å². The lowest BCUT2D eigenvalue weighted by Gasteiger charge is -2.48. The molecule has 0 bridgehead atoms. The highest BCUT2D eigenvalue weighted by molar-refractivity contribution is 5.85. The lowest BCUT2D eigenvalue weighted by atomic mass is 9.69. The Morgan fingerprint density at radius 2 is 1.46 bits per heavy atom. The second-order valence-electron chi connectivity index (χ2n) is 6.03. The molecule has 0 heterocycles. The van der Waals surface area contributed by atoms with Gasteiger partial charge in [-0.05, 0) is 37.9 Å². The van der Waals surface area contributed by atoms with Crippen LogP contribution < -0.4 is 5.32 Å². The van der Waals surface area contributed by atoms with Crippen LogP contribution in [0, 0.1) is 0 Å². The zero-order valence-electron chi connectivity index (χ0n) is 14.8. The Bertz CT molecular complexity index is 575. The lowest BCUT2D eigenvalue weighted by molar-refractivity contribution is -0.0541. The first-order chi connectivity index (χ1) is 11.1. The van der Waals surface area contributed by atoms with Crippen LogP contribution in [-0.2, 0) is 10.3 Å². The highest BCUT2D eigenvalue weighted by Crippen LogP contribution is 2.44. The Hall–Kier alpha value is -1.61. The number of hydrogen-bond acceptors (Lipinski definition) is 2. The summed E-state index contributed by atoms with van der Waals surface area (Å²) in [5.41, 5.74) is 1.44. The van der Waals surface area contributed by atoms with Crippen LogP contribution in [0.3, 0.4) is 0 Å². The minimum absolute atomic E-state index is 0. The van der Waals surface area contributed by atoms with E-state index < -0.39 is 5.60 Å². The van der Waals surface area contributed by atoms with Crippen molar-refractivity contribution in [3.63, 3.8) is 0 Å². The molecule has 0 aliphatic carbocycles. The third-order valence-electron chi connectivity index (χ3n) is 4.84. The third-order valence-corrected chi connectivity index (χ3v) is 4.84. The summed E-state index contributed by atoms with van der Waals surface area (Å²) in [7, 11) is 3.80. The Balaban J connectivity index is 0.00000288. The number of rotatable bonds is 8. The molecule has 0 aliphatic heterocycles. The van der Waals surface area contributed by atoms with E-state index in [1.165, 1.54) is 0 Å². The second-order valence-corrected chi connectivity index (χ2v) is 6.03. The molecule has 0 spiro atoms. The molecular formula is C21H28ClNO. The average molecular weight is 346 g/mol. The van der Waals surface area contributed by atoms with E-state index in [0.29, 0.717) is 0 Å². The van der Waals surface area contributed by atoms with Crippen LogP contribution in [0.4, 0.5) is 0 Å². The highest BCUT2D eigenvalue weighted by atomic mass is 35.5. The van der Waals surface area contributed by atoms with Gasteiger partial charge in [0.1, 0.15) is 5.60 Å². The molecule has 0 fully saturated rings. The van der Waals surface area contributed by atoms with Gasteiger partial charge < -0.3 is 10.1 Å².